The Morgan fingerprint density at radius 2 is 1.81 bits per heavy atom. The van der Waals surface area contributed by atoms with Crippen molar-refractivity contribution in [3.63, 3.8) is 0 Å². The van der Waals surface area contributed by atoms with Crippen molar-refractivity contribution in [2.75, 3.05) is 0 Å². The van der Waals surface area contributed by atoms with Gasteiger partial charge < -0.3 is 10.2 Å². The summed E-state index contributed by atoms with van der Waals surface area (Å²) in [4.78, 5) is 45.6. The first-order valence-corrected chi connectivity index (χ1v) is 6.79. The fraction of sp³-hybridized carbons (Fsp3) is 0.600. The van der Waals surface area contributed by atoms with Gasteiger partial charge in [-0.2, -0.15) is 0 Å². The molecule has 1 aliphatic carbocycles. The van der Waals surface area contributed by atoms with Crippen molar-refractivity contribution in [3.05, 3.63) is 11.6 Å². The van der Waals surface area contributed by atoms with Crippen LogP contribution in [0.4, 0.5) is 0 Å². The molecule has 6 heteroatoms. The van der Waals surface area contributed by atoms with Gasteiger partial charge in [-0.1, -0.05) is 11.6 Å². The van der Waals surface area contributed by atoms with Gasteiger partial charge in [-0.05, 0) is 33.1 Å². The molecule has 0 radical (unpaired) electrons. The van der Waals surface area contributed by atoms with Crippen molar-refractivity contribution in [2.45, 2.75) is 33.6 Å². The predicted molar refractivity (Wildman–Crippen MR) is 73.6 cm³/mol. The molecular formula is C15H20O6. The second-order valence-electron chi connectivity index (χ2n) is 5.66. The second-order valence-corrected chi connectivity index (χ2v) is 5.66. The van der Waals surface area contributed by atoms with Crippen LogP contribution in [0.2, 0.25) is 0 Å². The molecule has 0 spiro atoms. The molecule has 0 aromatic carbocycles. The van der Waals surface area contributed by atoms with E-state index in [1.54, 1.807) is 13.0 Å². The van der Waals surface area contributed by atoms with Gasteiger partial charge >= 0.3 is 11.9 Å². The summed E-state index contributed by atoms with van der Waals surface area (Å²) in [6, 6.07) is 0. The smallest absolute Gasteiger partial charge is 0.307 e. The van der Waals surface area contributed by atoms with Gasteiger partial charge in [0.25, 0.3) is 0 Å². The molecule has 0 heterocycles. The highest BCUT2D eigenvalue weighted by atomic mass is 16.4. The van der Waals surface area contributed by atoms with Crippen LogP contribution in [-0.4, -0.2) is 33.7 Å². The van der Waals surface area contributed by atoms with E-state index in [0.29, 0.717) is 5.57 Å². The van der Waals surface area contributed by atoms with Crippen LogP contribution in [0.15, 0.2) is 11.6 Å². The third-order valence-corrected chi connectivity index (χ3v) is 4.08. The Bertz CT molecular complexity index is 504. The Balaban J connectivity index is 3.15. The van der Waals surface area contributed by atoms with Gasteiger partial charge in [-0.15, -0.1) is 0 Å². The predicted octanol–water partition coefficient (Wildman–Crippen LogP) is 1.54. The highest BCUT2D eigenvalue weighted by molar-refractivity contribution is 5.88. The fourth-order valence-corrected chi connectivity index (χ4v) is 3.17. The quantitative estimate of drug-likeness (QED) is 0.720. The summed E-state index contributed by atoms with van der Waals surface area (Å²) >= 11 is 0. The molecule has 0 aromatic rings. The maximum Gasteiger partial charge on any atom is 0.307 e. The van der Waals surface area contributed by atoms with Crippen molar-refractivity contribution in [1.82, 2.24) is 0 Å². The van der Waals surface area contributed by atoms with E-state index < -0.39 is 35.6 Å². The van der Waals surface area contributed by atoms with Crippen LogP contribution in [-0.2, 0) is 19.2 Å². The lowest BCUT2D eigenvalue weighted by Gasteiger charge is -2.34. The zero-order valence-corrected chi connectivity index (χ0v) is 12.3. The maximum absolute atomic E-state index is 11.7. The van der Waals surface area contributed by atoms with Gasteiger partial charge in [0, 0.05) is 5.92 Å². The summed E-state index contributed by atoms with van der Waals surface area (Å²) in [5.41, 5.74) is 0.600. The summed E-state index contributed by atoms with van der Waals surface area (Å²) in [6.07, 6.45) is 1.47. The summed E-state index contributed by atoms with van der Waals surface area (Å²) in [6.45, 7) is 4.31. The van der Waals surface area contributed by atoms with Crippen molar-refractivity contribution in [1.29, 1.82) is 0 Å². The summed E-state index contributed by atoms with van der Waals surface area (Å²) in [5.74, 6) is -5.52. The molecule has 6 nitrogen and oxygen atoms in total. The maximum atomic E-state index is 11.7. The number of allylic oxidation sites excluding steroid dienone is 2. The summed E-state index contributed by atoms with van der Waals surface area (Å²) < 4.78 is 0. The van der Waals surface area contributed by atoms with Gasteiger partial charge in [0.05, 0.1) is 18.3 Å². The van der Waals surface area contributed by atoms with E-state index in [2.05, 4.69) is 0 Å². The number of Topliss-reactive ketones (excluding diaryl/α,β-unsaturated/α-hetero) is 2. The van der Waals surface area contributed by atoms with E-state index in [0.717, 1.165) is 0 Å². The minimum absolute atomic E-state index is 0.106. The van der Waals surface area contributed by atoms with Crippen molar-refractivity contribution >= 4 is 23.5 Å². The van der Waals surface area contributed by atoms with E-state index in [9.17, 15) is 24.3 Å². The number of carboxylic acids is 2. The lowest BCUT2D eigenvalue weighted by atomic mass is 9.68. The van der Waals surface area contributed by atoms with E-state index in [1.165, 1.54) is 13.8 Å². The van der Waals surface area contributed by atoms with Gasteiger partial charge in [0.15, 0.2) is 0 Å². The largest absolute Gasteiger partial charge is 0.481 e. The number of aliphatic carboxylic acids is 2. The van der Waals surface area contributed by atoms with Crippen LogP contribution in [0, 0.1) is 23.7 Å². The molecule has 0 saturated carbocycles. The minimum Gasteiger partial charge on any atom is -0.481 e. The molecule has 0 amide bonds. The number of carbonyl (C=O) groups is 4. The highest BCUT2D eigenvalue weighted by Crippen LogP contribution is 2.38. The number of carboxylic acid groups (broad SMARTS) is 2. The number of carbonyl (C=O) groups excluding carboxylic acids is 2. The third kappa shape index (κ3) is 4.00. The first kappa shape index (κ1) is 17.1. The van der Waals surface area contributed by atoms with Crippen LogP contribution >= 0.6 is 0 Å². The van der Waals surface area contributed by atoms with Crippen LogP contribution in [0.25, 0.3) is 0 Å². The Kier molecular flexibility index (Phi) is 5.41. The second kappa shape index (κ2) is 6.65. The van der Waals surface area contributed by atoms with Crippen LogP contribution in [0.1, 0.15) is 33.6 Å². The Hall–Kier alpha value is -1.98. The van der Waals surface area contributed by atoms with Crippen molar-refractivity contribution < 1.29 is 29.4 Å². The number of ketones is 2. The van der Waals surface area contributed by atoms with E-state index >= 15 is 0 Å². The molecular weight excluding hydrogens is 276 g/mol. The molecule has 0 fully saturated rings. The lowest BCUT2D eigenvalue weighted by Crippen LogP contribution is -2.37. The molecule has 4 atom stereocenters. The standard InChI is InChI=1S/C15H20O6/c1-7-4-10(11(8(2)16)6-13(18)19)5-12(15(20)21)14(7)9(3)17/h4,10-12,14H,5-6H2,1-3H3,(H,18,19)(H,20,21). The van der Waals surface area contributed by atoms with Crippen LogP contribution in [0.5, 0.6) is 0 Å². The fourth-order valence-electron chi connectivity index (χ4n) is 3.17. The third-order valence-electron chi connectivity index (χ3n) is 4.08. The molecule has 0 bridgehead atoms. The number of rotatable bonds is 6. The molecule has 1 rings (SSSR count). The van der Waals surface area contributed by atoms with Gasteiger partial charge in [-0.3, -0.25) is 19.2 Å². The van der Waals surface area contributed by atoms with E-state index in [4.69, 9.17) is 5.11 Å². The van der Waals surface area contributed by atoms with Gasteiger partial charge in [-0.25, -0.2) is 0 Å². The van der Waals surface area contributed by atoms with Crippen molar-refractivity contribution in [3.8, 4) is 0 Å². The molecule has 0 aromatic heterocycles. The van der Waals surface area contributed by atoms with E-state index in [-0.39, 0.29) is 24.4 Å². The number of hydrogen-bond donors (Lipinski definition) is 2. The van der Waals surface area contributed by atoms with E-state index in [1.807, 2.05) is 0 Å². The van der Waals surface area contributed by atoms with Gasteiger partial charge in [0.1, 0.15) is 11.6 Å². The Morgan fingerprint density at radius 1 is 1.24 bits per heavy atom. The zero-order valence-electron chi connectivity index (χ0n) is 12.3. The average molecular weight is 296 g/mol. The molecule has 0 saturated heterocycles. The molecule has 1 aliphatic rings. The molecule has 4 unspecified atom stereocenters. The molecule has 116 valence electrons. The first-order chi connectivity index (χ1) is 9.65. The topological polar surface area (TPSA) is 109 Å². The number of hydrogen-bond acceptors (Lipinski definition) is 4. The average Bonchev–Trinajstić information content (AvgIpc) is 2.33. The normalized spacial score (nSPS) is 26.6. The molecule has 2 N–H and O–H groups in total. The minimum atomic E-state index is -1.10. The van der Waals surface area contributed by atoms with Crippen LogP contribution in [0.3, 0.4) is 0 Å². The SMILES string of the molecule is CC(=O)C(CC(=O)O)C1C=C(C)C(C(C)=O)C(C(=O)O)C1. The zero-order chi connectivity index (χ0) is 16.3. The first-order valence-electron chi connectivity index (χ1n) is 6.79. The Morgan fingerprint density at radius 3 is 2.19 bits per heavy atom. The molecule has 0 aliphatic heterocycles. The summed E-state index contributed by atoms with van der Waals surface area (Å²) in [5, 5.41) is 18.2. The molecule has 21 heavy (non-hydrogen) atoms. The van der Waals surface area contributed by atoms with Crippen LogP contribution < -0.4 is 0 Å². The highest BCUT2D eigenvalue weighted by Gasteiger charge is 2.41. The van der Waals surface area contributed by atoms with Gasteiger partial charge in [0.2, 0.25) is 0 Å². The van der Waals surface area contributed by atoms with Crippen molar-refractivity contribution in [2.24, 2.45) is 23.7 Å². The lowest BCUT2D eigenvalue weighted by molar-refractivity contribution is -0.147. The summed E-state index contributed by atoms with van der Waals surface area (Å²) in [7, 11) is 0. The Labute approximate surface area is 122 Å². The monoisotopic (exact) mass is 296 g/mol.